The maximum Gasteiger partial charge on any atom is 0.117 e. The summed E-state index contributed by atoms with van der Waals surface area (Å²) in [6.45, 7) is 6.60. The maximum absolute atomic E-state index is 5.24. The van der Waals surface area contributed by atoms with Gasteiger partial charge in [-0.3, -0.25) is 0 Å². The third kappa shape index (κ3) is 2.36. The fourth-order valence-corrected chi connectivity index (χ4v) is 1.72. The van der Waals surface area contributed by atoms with Gasteiger partial charge in [0.2, 0.25) is 0 Å². The summed E-state index contributed by atoms with van der Waals surface area (Å²) in [6.07, 6.45) is 1.72. The molecule has 0 bridgehead atoms. The molecule has 0 radical (unpaired) electrons. The van der Waals surface area contributed by atoms with E-state index in [-0.39, 0.29) is 0 Å². The smallest absolute Gasteiger partial charge is 0.117 e. The van der Waals surface area contributed by atoms with Crippen molar-refractivity contribution in [2.45, 2.75) is 13.5 Å². The van der Waals surface area contributed by atoms with Crippen LogP contribution in [0, 0.1) is 11.8 Å². The van der Waals surface area contributed by atoms with Crippen LogP contribution in [0.25, 0.3) is 0 Å². The first kappa shape index (κ1) is 9.74. The molecular formula is C11H18N2O. The van der Waals surface area contributed by atoms with Crippen LogP contribution < -0.4 is 10.6 Å². The molecule has 1 aromatic heterocycles. The lowest BCUT2D eigenvalue weighted by Gasteiger charge is -2.32. The fraction of sp³-hybridized carbons (Fsp3) is 0.636. The molecule has 14 heavy (non-hydrogen) atoms. The lowest BCUT2D eigenvalue weighted by Crippen LogP contribution is -2.47. The van der Waals surface area contributed by atoms with Crippen LogP contribution in [0.2, 0.25) is 0 Å². The van der Waals surface area contributed by atoms with E-state index in [1.807, 2.05) is 12.1 Å². The van der Waals surface area contributed by atoms with E-state index in [1.54, 1.807) is 6.26 Å². The molecule has 1 aliphatic rings. The zero-order valence-electron chi connectivity index (χ0n) is 8.62. The van der Waals surface area contributed by atoms with Crippen LogP contribution in [-0.4, -0.2) is 19.6 Å². The Morgan fingerprint density at radius 3 is 3.07 bits per heavy atom. The number of nitrogens with one attached hydrogen (secondary N) is 2. The highest BCUT2D eigenvalue weighted by Gasteiger charge is 2.22. The number of hydrogen-bond donors (Lipinski definition) is 2. The molecule has 1 saturated heterocycles. The van der Waals surface area contributed by atoms with E-state index in [0.29, 0.717) is 0 Å². The molecule has 2 N–H and O–H groups in total. The monoisotopic (exact) mass is 194 g/mol. The van der Waals surface area contributed by atoms with E-state index in [1.165, 1.54) is 13.1 Å². The van der Waals surface area contributed by atoms with Crippen LogP contribution in [-0.2, 0) is 6.54 Å². The Morgan fingerprint density at radius 2 is 2.50 bits per heavy atom. The highest BCUT2D eigenvalue weighted by Crippen LogP contribution is 2.14. The van der Waals surface area contributed by atoms with Crippen molar-refractivity contribution in [3.8, 4) is 0 Å². The van der Waals surface area contributed by atoms with Crippen LogP contribution in [0.1, 0.15) is 12.7 Å². The Hall–Kier alpha value is -0.800. The van der Waals surface area contributed by atoms with Gasteiger partial charge in [-0.05, 0) is 43.6 Å². The molecule has 3 nitrogen and oxygen atoms in total. The molecule has 1 fully saturated rings. The number of rotatable bonds is 5. The molecule has 0 amide bonds. The van der Waals surface area contributed by atoms with Crippen LogP contribution in [0.5, 0.6) is 0 Å². The lowest BCUT2D eigenvalue weighted by atomic mass is 9.89. The molecule has 2 heterocycles. The fourth-order valence-electron chi connectivity index (χ4n) is 1.72. The van der Waals surface area contributed by atoms with Crippen LogP contribution >= 0.6 is 0 Å². The van der Waals surface area contributed by atoms with Crippen molar-refractivity contribution in [3.63, 3.8) is 0 Å². The van der Waals surface area contributed by atoms with Crippen molar-refractivity contribution >= 4 is 0 Å². The Morgan fingerprint density at radius 1 is 1.64 bits per heavy atom. The van der Waals surface area contributed by atoms with Gasteiger partial charge in [-0.25, -0.2) is 0 Å². The highest BCUT2D eigenvalue weighted by molar-refractivity contribution is 4.97. The lowest BCUT2D eigenvalue weighted by molar-refractivity contribution is 0.241. The second-order valence-corrected chi connectivity index (χ2v) is 4.11. The summed E-state index contributed by atoms with van der Waals surface area (Å²) in [7, 11) is 0. The van der Waals surface area contributed by atoms with Crippen molar-refractivity contribution in [2.24, 2.45) is 11.8 Å². The van der Waals surface area contributed by atoms with Crippen molar-refractivity contribution < 1.29 is 4.42 Å². The Kier molecular flexibility index (Phi) is 3.22. The summed E-state index contributed by atoms with van der Waals surface area (Å²) >= 11 is 0. The van der Waals surface area contributed by atoms with E-state index in [0.717, 1.165) is 30.7 Å². The first-order valence-corrected chi connectivity index (χ1v) is 5.30. The molecule has 0 aliphatic carbocycles. The van der Waals surface area contributed by atoms with E-state index in [2.05, 4.69) is 17.6 Å². The van der Waals surface area contributed by atoms with Gasteiger partial charge < -0.3 is 15.1 Å². The average molecular weight is 194 g/mol. The van der Waals surface area contributed by atoms with E-state index >= 15 is 0 Å². The van der Waals surface area contributed by atoms with Gasteiger partial charge in [-0.2, -0.15) is 0 Å². The van der Waals surface area contributed by atoms with Crippen molar-refractivity contribution in [1.82, 2.24) is 10.6 Å². The van der Waals surface area contributed by atoms with Crippen molar-refractivity contribution in [1.29, 1.82) is 0 Å². The van der Waals surface area contributed by atoms with E-state index < -0.39 is 0 Å². The molecule has 78 valence electrons. The third-order valence-electron chi connectivity index (χ3n) is 2.96. The van der Waals surface area contributed by atoms with Gasteiger partial charge in [0.05, 0.1) is 12.8 Å². The second kappa shape index (κ2) is 4.62. The van der Waals surface area contributed by atoms with Crippen LogP contribution in [0.4, 0.5) is 0 Å². The number of furan rings is 1. The minimum absolute atomic E-state index is 0.756. The predicted octanol–water partition coefficient (Wildman–Crippen LogP) is 1.22. The highest BCUT2D eigenvalue weighted by atomic mass is 16.3. The third-order valence-corrected chi connectivity index (χ3v) is 2.96. The predicted molar refractivity (Wildman–Crippen MR) is 55.9 cm³/mol. The zero-order chi connectivity index (χ0) is 9.80. The van der Waals surface area contributed by atoms with Crippen LogP contribution in [0.3, 0.4) is 0 Å². The molecule has 1 aliphatic heterocycles. The molecule has 0 spiro atoms. The molecule has 0 aromatic carbocycles. The molecule has 1 unspecified atom stereocenters. The van der Waals surface area contributed by atoms with Gasteiger partial charge in [0.25, 0.3) is 0 Å². The van der Waals surface area contributed by atoms with Gasteiger partial charge in [0.1, 0.15) is 5.76 Å². The standard InChI is InChI=1S/C11H18N2O/c1-9(10-6-13-7-10)5-12-8-11-3-2-4-14-11/h2-4,9-10,12-13H,5-8H2,1H3. The van der Waals surface area contributed by atoms with Gasteiger partial charge in [0, 0.05) is 0 Å². The topological polar surface area (TPSA) is 37.2 Å². The first-order valence-electron chi connectivity index (χ1n) is 5.30. The molecule has 0 saturated carbocycles. The van der Waals surface area contributed by atoms with Crippen molar-refractivity contribution in [3.05, 3.63) is 24.2 Å². The Bertz CT molecular complexity index is 254. The number of hydrogen-bond acceptors (Lipinski definition) is 3. The summed E-state index contributed by atoms with van der Waals surface area (Å²) in [5, 5.41) is 6.71. The summed E-state index contributed by atoms with van der Waals surface area (Å²) in [5.74, 6) is 2.63. The molecular weight excluding hydrogens is 176 g/mol. The Balaban J connectivity index is 1.62. The summed E-state index contributed by atoms with van der Waals surface area (Å²) in [5.41, 5.74) is 0. The zero-order valence-corrected chi connectivity index (χ0v) is 8.62. The second-order valence-electron chi connectivity index (χ2n) is 4.11. The van der Waals surface area contributed by atoms with Gasteiger partial charge in [-0.1, -0.05) is 6.92 Å². The molecule has 1 atom stereocenters. The Labute approximate surface area is 84.9 Å². The maximum atomic E-state index is 5.24. The minimum atomic E-state index is 0.756. The summed E-state index contributed by atoms with van der Waals surface area (Å²) < 4.78 is 5.24. The molecule has 1 aromatic rings. The average Bonchev–Trinajstić information content (AvgIpc) is 2.53. The van der Waals surface area contributed by atoms with Gasteiger partial charge in [-0.15, -0.1) is 0 Å². The molecule has 3 heteroatoms. The minimum Gasteiger partial charge on any atom is -0.468 e. The van der Waals surface area contributed by atoms with E-state index in [4.69, 9.17) is 4.42 Å². The van der Waals surface area contributed by atoms with E-state index in [9.17, 15) is 0 Å². The summed E-state index contributed by atoms with van der Waals surface area (Å²) in [4.78, 5) is 0. The first-order chi connectivity index (χ1) is 6.86. The van der Waals surface area contributed by atoms with Gasteiger partial charge in [0.15, 0.2) is 0 Å². The quantitative estimate of drug-likeness (QED) is 0.740. The SMILES string of the molecule is CC(CNCc1ccco1)C1CNC1. The largest absolute Gasteiger partial charge is 0.468 e. The summed E-state index contributed by atoms with van der Waals surface area (Å²) in [6, 6.07) is 3.93. The normalized spacial score (nSPS) is 19.2. The van der Waals surface area contributed by atoms with Gasteiger partial charge >= 0.3 is 0 Å². The van der Waals surface area contributed by atoms with Crippen molar-refractivity contribution in [2.75, 3.05) is 19.6 Å². The van der Waals surface area contributed by atoms with Crippen LogP contribution in [0.15, 0.2) is 22.8 Å². The molecule has 2 rings (SSSR count).